The highest BCUT2D eigenvalue weighted by molar-refractivity contribution is 5.96. The van der Waals surface area contributed by atoms with Crippen molar-refractivity contribution in [1.29, 1.82) is 5.26 Å². The van der Waals surface area contributed by atoms with Crippen LogP contribution in [0.3, 0.4) is 0 Å². The van der Waals surface area contributed by atoms with Gasteiger partial charge in [0.15, 0.2) is 11.5 Å². The number of nitriles is 1. The Balaban J connectivity index is 1.73. The molecule has 166 valence electrons. The Morgan fingerprint density at radius 1 is 1.18 bits per heavy atom. The molecule has 10 heteroatoms. The number of fused-ring (bicyclic) bond motifs is 1. The van der Waals surface area contributed by atoms with Crippen molar-refractivity contribution >= 4 is 16.8 Å². The quantitative estimate of drug-likeness (QED) is 0.494. The van der Waals surface area contributed by atoms with E-state index < -0.39 is 17.9 Å². The molecule has 1 atom stereocenters. The lowest BCUT2D eigenvalue weighted by Gasteiger charge is -2.18. The maximum atomic E-state index is 13.0. The maximum Gasteiger partial charge on any atom is 0.436 e. The summed E-state index contributed by atoms with van der Waals surface area (Å²) in [6.07, 6.45) is -3.87. The standard InChI is InChI=1S/C23H17F3N6O/c1-13-7-8-15(11-27)9-17(13)22(33)28-14(2)18-10-21(29-19-6-4-3-5-16(18)19)32-12-20(30-31-32)23(24,25)26/h3-10,12,14H,1-2H3,(H,28,33). The number of alkyl halides is 3. The number of benzene rings is 2. The van der Waals surface area contributed by atoms with Crippen LogP contribution in [0.1, 0.15) is 45.7 Å². The van der Waals surface area contributed by atoms with E-state index in [1.165, 1.54) is 6.07 Å². The largest absolute Gasteiger partial charge is 0.436 e. The second kappa shape index (κ2) is 8.35. The van der Waals surface area contributed by atoms with Crippen molar-refractivity contribution in [3.8, 4) is 11.9 Å². The molecule has 7 nitrogen and oxygen atoms in total. The van der Waals surface area contributed by atoms with Gasteiger partial charge in [0, 0.05) is 10.9 Å². The molecular formula is C23H17F3N6O. The molecule has 33 heavy (non-hydrogen) atoms. The molecule has 0 radical (unpaired) electrons. The number of carbonyl (C=O) groups is 1. The fraction of sp³-hybridized carbons (Fsp3) is 0.174. The van der Waals surface area contributed by atoms with Crippen LogP contribution in [0.4, 0.5) is 13.2 Å². The monoisotopic (exact) mass is 450 g/mol. The van der Waals surface area contributed by atoms with Crippen molar-refractivity contribution < 1.29 is 18.0 Å². The molecule has 1 amide bonds. The van der Waals surface area contributed by atoms with Gasteiger partial charge < -0.3 is 5.32 Å². The number of para-hydroxylation sites is 1. The summed E-state index contributed by atoms with van der Waals surface area (Å²) >= 11 is 0. The van der Waals surface area contributed by atoms with Crippen LogP contribution in [-0.4, -0.2) is 25.9 Å². The normalized spacial score (nSPS) is 12.4. The highest BCUT2D eigenvalue weighted by Gasteiger charge is 2.34. The number of hydrogen-bond acceptors (Lipinski definition) is 5. The van der Waals surface area contributed by atoms with Crippen LogP contribution >= 0.6 is 0 Å². The highest BCUT2D eigenvalue weighted by atomic mass is 19.4. The van der Waals surface area contributed by atoms with Crippen molar-refractivity contribution in [2.75, 3.05) is 0 Å². The summed E-state index contributed by atoms with van der Waals surface area (Å²) in [5, 5.41) is 19.5. The van der Waals surface area contributed by atoms with Gasteiger partial charge in [0.05, 0.1) is 29.4 Å². The zero-order chi connectivity index (χ0) is 23.8. The summed E-state index contributed by atoms with van der Waals surface area (Å²) in [5.74, 6) is -0.241. The van der Waals surface area contributed by atoms with Crippen LogP contribution in [0.5, 0.6) is 0 Å². The van der Waals surface area contributed by atoms with E-state index in [1.54, 1.807) is 50.2 Å². The first-order valence-electron chi connectivity index (χ1n) is 9.88. The molecule has 0 spiro atoms. The van der Waals surface area contributed by atoms with Crippen LogP contribution in [-0.2, 0) is 6.18 Å². The Morgan fingerprint density at radius 2 is 1.94 bits per heavy atom. The maximum absolute atomic E-state index is 13.0. The van der Waals surface area contributed by atoms with Crippen LogP contribution in [0.2, 0.25) is 0 Å². The zero-order valence-electron chi connectivity index (χ0n) is 17.6. The zero-order valence-corrected chi connectivity index (χ0v) is 17.6. The first-order chi connectivity index (χ1) is 15.7. The summed E-state index contributed by atoms with van der Waals surface area (Å²) in [5.41, 5.74) is 1.47. The number of nitrogens with one attached hydrogen (secondary N) is 1. The van der Waals surface area contributed by atoms with E-state index in [0.29, 0.717) is 27.8 Å². The molecule has 0 aliphatic carbocycles. The van der Waals surface area contributed by atoms with Gasteiger partial charge in [-0.15, -0.1) is 5.10 Å². The Morgan fingerprint density at radius 3 is 2.64 bits per heavy atom. The summed E-state index contributed by atoms with van der Waals surface area (Å²) in [6.45, 7) is 3.53. The van der Waals surface area contributed by atoms with Gasteiger partial charge in [-0.25, -0.2) is 9.67 Å². The van der Waals surface area contributed by atoms with Gasteiger partial charge in [-0.05, 0) is 49.2 Å². The average molecular weight is 450 g/mol. The third-order valence-electron chi connectivity index (χ3n) is 5.18. The molecule has 2 aromatic carbocycles. The molecule has 4 rings (SSSR count). The van der Waals surface area contributed by atoms with Gasteiger partial charge in [0.2, 0.25) is 0 Å². The third-order valence-corrected chi connectivity index (χ3v) is 5.18. The van der Waals surface area contributed by atoms with Gasteiger partial charge in [-0.2, -0.15) is 18.4 Å². The molecule has 4 aromatic rings. The number of pyridine rings is 1. The molecule has 2 aromatic heterocycles. The van der Waals surface area contributed by atoms with E-state index in [9.17, 15) is 18.0 Å². The van der Waals surface area contributed by atoms with E-state index in [1.807, 2.05) is 12.1 Å². The Hall–Kier alpha value is -4.26. The number of hydrogen-bond donors (Lipinski definition) is 1. The van der Waals surface area contributed by atoms with Gasteiger partial charge in [0.1, 0.15) is 0 Å². The number of halogens is 3. The topological polar surface area (TPSA) is 96.5 Å². The molecule has 0 fully saturated rings. The third kappa shape index (κ3) is 4.39. The summed E-state index contributed by atoms with van der Waals surface area (Å²) in [7, 11) is 0. The van der Waals surface area contributed by atoms with Gasteiger partial charge >= 0.3 is 6.18 Å². The average Bonchev–Trinajstić information content (AvgIpc) is 3.29. The van der Waals surface area contributed by atoms with Crippen molar-refractivity contribution in [3.63, 3.8) is 0 Å². The summed E-state index contributed by atoms with van der Waals surface area (Å²) in [4.78, 5) is 17.3. The lowest BCUT2D eigenvalue weighted by Crippen LogP contribution is -2.27. The predicted molar refractivity (Wildman–Crippen MR) is 113 cm³/mol. The van der Waals surface area contributed by atoms with Crippen LogP contribution < -0.4 is 5.32 Å². The molecule has 0 saturated heterocycles. The minimum Gasteiger partial charge on any atom is -0.345 e. The Labute approximate surface area is 186 Å². The molecule has 1 unspecified atom stereocenters. The van der Waals surface area contributed by atoms with E-state index in [4.69, 9.17) is 5.26 Å². The lowest BCUT2D eigenvalue weighted by atomic mass is 10.0. The lowest BCUT2D eigenvalue weighted by molar-refractivity contribution is -0.141. The van der Waals surface area contributed by atoms with Gasteiger partial charge in [-0.3, -0.25) is 4.79 Å². The van der Waals surface area contributed by atoms with E-state index in [2.05, 4.69) is 20.6 Å². The molecular weight excluding hydrogens is 433 g/mol. The summed E-state index contributed by atoms with van der Waals surface area (Å²) < 4.78 is 39.8. The van der Waals surface area contributed by atoms with Crippen LogP contribution in [0.15, 0.2) is 54.7 Å². The second-order valence-corrected chi connectivity index (χ2v) is 7.47. The van der Waals surface area contributed by atoms with Gasteiger partial charge in [0.25, 0.3) is 5.91 Å². The van der Waals surface area contributed by atoms with Crippen molar-refractivity contribution in [2.45, 2.75) is 26.1 Å². The predicted octanol–water partition coefficient (Wildman–Crippen LogP) is 4.51. The van der Waals surface area contributed by atoms with E-state index in [-0.39, 0.29) is 11.7 Å². The number of aryl methyl sites for hydroxylation is 1. The van der Waals surface area contributed by atoms with E-state index in [0.717, 1.165) is 16.3 Å². The van der Waals surface area contributed by atoms with Gasteiger partial charge in [-0.1, -0.05) is 29.5 Å². The molecule has 1 N–H and O–H groups in total. The molecule has 0 bridgehead atoms. The van der Waals surface area contributed by atoms with Crippen molar-refractivity contribution in [1.82, 2.24) is 25.3 Å². The Bertz CT molecular complexity index is 1400. The molecule has 0 aliphatic heterocycles. The minimum atomic E-state index is -4.63. The number of rotatable bonds is 4. The summed E-state index contributed by atoms with van der Waals surface area (Å²) in [6, 6.07) is 15.0. The Kier molecular flexibility index (Phi) is 5.55. The minimum absolute atomic E-state index is 0.135. The fourth-order valence-electron chi connectivity index (χ4n) is 3.46. The molecule has 0 saturated carbocycles. The second-order valence-electron chi connectivity index (χ2n) is 7.47. The number of carbonyl (C=O) groups excluding carboxylic acids is 1. The first-order valence-corrected chi connectivity index (χ1v) is 9.88. The number of nitrogens with zero attached hydrogens (tertiary/aromatic N) is 5. The first kappa shape index (κ1) is 22.0. The van der Waals surface area contributed by atoms with E-state index >= 15 is 0 Å². The van der Waals surface area contributed by atoms with Crippen LogP contribution in [0.25, 0.3) is 16.7 Å². The fourth-order valence-corrected chi connectivity index (χ4v) is 3.46. The number of aromatic nitrogens is 4. The highest BCUT2D eigenvalue weighted by Crippen LogP contribution is 2.29. The van der Waals surface area contributed by atoms with Crippen molar-refractivity contribution in [2.24, 2.45) is 0 Å². The SMILES string of the molecule is Cc1ccc(C#N)cc1C(=O)NC(C)c1cc(-n2cc(C(F)(F)F)nn2)nc2ccccc12. The number of amides is 1. The molecule has 0 aliphatic rings. The smallest absolute Gasteiger partial charge is 0.345 e. The molecule has 2 heterocycles. The van der Waals surface area contributed by atoms with Crippen LogP contribution in [0, 0.1) is 18.3 Å². The van der Waals surface area contributed by atoms with Crippen molar-refractivity contribution in [3.05, 3.63) is 82.7 Å².